The van der Waals surface area contributed by atoms with Crippen molar-refractivity contribution >= 4 is 11.4 Å². The first-order valence-electron chi connectivity index (χ1n) is 7.99. The van der Waals surface area contributed by atoms with Gasteiger partial charge in [-0.05, 0) is 38.4 Å². The van der Waals surface area contributed by atoms with Crippen LogP contribution in [-0.4, -0.2) is 33.8 Å². The molecule has 3 aromatic rings. The molecule has 0 unspecified atom stereocenters. The Bertz CT molecular complexity index is 903. The van der Waals surface area contributed by atoms with Gasteiger partial charge in [0.2, 0.25) is 5.89 Å². The van der Waals surface area contributed by atoms with Crippen LogP contribution in [0.25, 0.3) is 22.6 Å². The van der Waals surface area contributed by atoms with Gasteiger partial charge >= 0.3 is 0 Å². The van der Waals surface area contributed by atoms with Gasteiger partial charge in [0, 0.05) is 35.4 Å². The van der Waals surface area contributed by atoms with Crippen LogP contribution in [-0.2, 0) is 6.54 Å². The van der Waals surface area contributed by atoms with Gasteiger partial charge < -0.3 is 9.32 Å². The smallest absolute Gasteiger partial charge is 0.269 e. The van der Waals surface area contributed by atoms with E-state index in [4.69, 9.17) is 4.42 Å². The van der Waals surface area contributed by atoms with Gasteiger partial charge in [-0.25, -0.2) is 4.98 Å². The molecule has 9 heteroatoms. The fourth-order valence-electron chi connectivity index (χ4n) is 2.57. The van der Waals surface area contributed by atoms with Crippen molar-refractivity contribution in [2.75, 3.05) is 14.1 Å². The Hall–Kier alpha value is -3.59. The minimum Gasteiger partial charge on any atom is -0.439 e. The standard InChI is InChI=1S/C18H16N4O5/c1-20(2)11-16-19-17(12-3-7-14(8-4-12)21(23)24)18(27-16)13-5-9-15(10-6-13)22(25)26/h3-10H,11H2,1-2H3. The van der Waals surface area contributed by atoms with Gasteiger partial charge in [0.05, 0.1) is 16.4 Å². The van der Waals surface area contributed by atoms with Crippen molar-refractivity contribution < 1.29 is 14.3 Å². The summed E-state index contributed by atoms with van der Waals surface area (Å²) >= 11 is 0. The number of rotatable bonds is 6. The average Bonchev–Trinajstić information content (AvgIpc) is 3.05. The molecule has 27 heavy (non-hydrogen) atoms. The van der Waals surface area contributed by atoms with Crippen LogP contribution in [0.4, 0.5) is 11.4 Å². The number of hydrogen-bond acceptors (Lipinski definition) is 7. The highest BCUT2D eigenvalue weighted by molar-refractivity contribution is 5.77. The van der Waals surface area contributed by atoms with Crippen LogP contribution >= 0.6 is 0 Å². The molecule has 0 saturated heterocycles. The third-order valence-electron chi connectivity index (χ3n) is 3.81. The predicted molar refractivity (Wildman–Crippen MR) is 98.1 cm³/mol. The fourth-order valence-corrected chi connectivity index (χ4v) is 2.57. The summed E-state index contributed by atoms with van der Waals surface area (Å²) in [6.07, 6.45) is 0. The van der Waals surface area contributed by atoms with E-state index in [2.05, 4.69) is 4.98 Å². The zero-order valence-corrected chi connectivity index (χ0v) is 14.7. The van der Waals surface area contributed by atoms with Crippen LogP contribution in [0.1, 0.15) is 5.89 Å². The second-order valence-corrected chi connectivity index (χ2v) is 6.13. The molecule has 0 radical (unpaired) electrons. The predicted octanol–water partition coefficient (Wildman–Crippen LogP) is 3.89. The van der Waals surface area contributed by atoms with Crippen molar-refractivity contribution in [3.63, 3.8) is 0 Å². The maximum Gasteiger partial charge on any atom is 0.269 e. The summed E-state index contributed by atoms with van der Waals surface area (Å²) in [5, 5.41) is 21.7. The Morgan fingerprint density at radius 1 is 0.889 bits per heavy atom. The highest BCUT2D eigenvalue weighted by atomic mass is 16.6. The molecule has 1 heterocycles. The maximum atomic E-state index is 10.9. The summed E-state index contributed by atoms with van der Waals surface area (Å²) in [4.78, 5) is 27.2. The molecule has 2 aromatic carbocycles. The third-order valence-corrected chi connectivity index (χ3v) is 3.81. The van der Waals surface area contributed by atoms with E-state index in [1.165, 1.54) is 24.3 Å². The SMILES string of the molecule is CN(C)Cc1nc(-c2ccc([N+](=O)[O-])cc2)c(-c2ccc([N+](=O)[O-])cc2)o1. The average molecular weight is 368 g/mol. The molecule has 0 saturated carbocycles. The highest BCUT2D eigenvalue weighted by Crippen LogP contribution is 2.34. The van der Waals surface area contributed by atoms with Crippen molar-refractivity contribution in [3.8, 4) is 22.6 Å². The number of nitrogens with zero attached hydrogens (tertiary/aromatic N) is 4. The molecule has 0 atom stereocenters. The van der Waals surface area contributed by atoms with Crippen LogP contribution in [0.15, 0.2) is 52.9 Å². The molecule has 0 amide bonds. The minimum absolute atomic E-state index is 0.0207. The number of aromatic nitrogens is 1. The third kappa shape index (κ3) is 3.98. The summed E-state index contributed by atoms with van der Waals surface area (Å²) < 4.78 is 5.89. The van der Waals surface area contributed by atoms with Gasteiger partial charge in [0.1, 0.15) is 5.69 Å². The molecule has 1 aromatic heterocycles. The Morgan fingerprint density at radius 2 is 1.37 bits per heavy atom. The summed E-state index contributed by atoms with van der Waals surface area (Å²) in [7, 11) is 3.75. The lowest BCUT2D eigenvalue weighted by molar-refractivity contribution is -0.385. The van der Waals surface area contributed by atoms with E-state index in [1.54, 1.807) is 24.3 Å². The van der Waals surface area contributed by atoms with Crippen molar-refractivity contribution in [3.05, 3.63) is 74.7 Å². The largest absolute Gasteiger partial charge is 0.439 e. The van der Waals surface area contributed by atoms with Crippen molar-refractivity contribution in [2.45, 2.75) is 6.54 Å². The quantitative estimate of drug-likeness (QED) is 0.479. The van der Waals surface area contributed by atoms with E-state index in [9.17, 15) is 20.2 Å². The lowest BCUT2D eigenvalue weighted by Gasteiger charge is -2.04. The second kappa shape index (κ2) is 7.34. The lowest BCUT2D eigenvalue weighted by Crippen LogP contribution is -2.10. The maximum absolute atomic E-state index is 10.9. The number of hydrogen-bond donors (Lipinski definition) is 0. The van der Waals surface area contributed by atoms with E-state index in [1.807, 2.05) is 19.0 Å². The van der Waals surface area contributed by atoms with Crippen LogP contribution in [0.5, 0.6) is 0 Å². The Balaban J connectivity index is 2.07. The molecule has 0 aliphatic carbocycles. The normalized spacial score (nSPS) is 10.9. The molecule has 0 fully saturated rings. The molecule has 0 bridgehead atoms. The molecule has 9 nitrogen and oxygen atoms in total. The molecular weight excluding hydrogens is 352 g/mol. The topological polar surface area (TPSA) is 116 Å². The summed E-state index contributed by atoms with van der Waals surface area (Å²) in [6.45, 7) is 0.465. The van der Waals surface area contributed by atoms with Gasteiger partial charge in [-0.15, -0.1) is 0 Å². The number of non-ortho nitro benzene ring substituents is 2. The number of benzene rings is 2. The zero-order valence-electron chi connectivity index (χ0n) is 14.7. The Kier molecular flexibility index (Phi) is 4.95. The molecule has 0 N–H and O–H groups in total. The molecule has 0 aliphatic rings. The van der Waals surface area contributed by atoms with E-state index >= 15 is 0 Å². The van der Waals surface area contributed by atoms with Gasteiger partial charge in [-0.1, -0.05) is 0 Å². The van der Waals surface area contributed by atoms with Gasteiger partial charge in [-0.3, -0.25) is 20.2 Å². The lowest BCUT2D eigenvalue weighted by atomic mass is 10.1. The Morgan fingerprint density at radius 3 is 1.81 bits per heavy atom. The molecular formula is C18H16N4O5. The number of nitro groups is 2. The number of nitro benzene ring substituents is 2. The van der Waals surface area contributed by atoms with Gasteiger partial charge in [-0.2, -0.15) is 0 Å². The van der Waals surface area contributed by atoms with E-state index in [0.717, 1.165) is 0 Å². The van der Waals surface area contributed by atoms with E-state index in [-0.39, 0.29) is 11.4 Å². The first-order chi connectivity index (χ1) is 12.8. The summed E-state index contributed by atoms with van der Waals surface area (Å²) in [6, 6.07) is 12.0. The minimum atomic E-state index is -0.473. The van der Waals surface area contributed by atoms with Crippen LogP contribution < -0.4 is 0 Å². The summed E-state index contributed by atoms with van der Waals surface area (Å²) in [5.74, 6) is 0.928. The first kappa shape index (κ1) is 18.2. The second-order valence-electron chi connectivity index (χ2n) is 6.13. The van der Waals surface area contributed by atoms with E-state index in [0.29, 0.717) is 35.0 Å². The highest BCUT2D eigenvalue weighted by Gasteiger charge is 2.19. The van der Waals surface area contributed by atoms with Gasteiger partial charge in [0.25, 0.3) is 11.4 Å². The zero-order chi connectivity index (χ0) is 19.6. The van der Waals surface area contributed by atoms with Crippen molar-refractivity contribution in [1.82, 2.24) is 9.88 Å². The van der Waals surface area contributed by atoms with Crippen molar-refractivity contribution in [1.29, 1.82) is 0 Å². The Labute approximate surface area is 154 Å². The number of oxazole rings is 1. The van der Waals surface area contributed by atoms with Crippen molar-refractivity contribution in [2.24, 2.45) is 0 Å². The fraction of sp³-hybridized carbons (Fsp3) is 0.167. The monoisotopic (exact) mass is 368 g/mol. The summed E-state index contributed by atoms with van der Waals surface area (Å²) in [5.41, 5.74) is 1.76. The van der Waals surface area contributed by atoms with Crippen LogP contribution in [0.3, 0.4) is 0 Å². The molecule has 3 rings (SSSR count). The molecule has 0 spiro atoms. The van der Waals surface area contributed by atoms with Crippen LogP contribution in [0.2, 0.25) is 0 Å². The first-order valence-corrected chi connectivity index (χ1v) is 7.99. The van der Waals surface area contributed by atoms with Crippen LogP contribution in [0, 0.1) is 20.2 Å². The van der Waals surface area contributed by atoms with Gasteiger partial charge in [0.15, 0.2) is 5.76 Å². The van der Waals surface area contributed by atoms with E-state index < -0.39 is 9.85 Å². The molecule has 0 aliphatic heterocycles. The molecule has 138 valence electrons.